The van der Waals surface area contributed by atoms with E-state index in [0.717, 1.165) is 0 Å². The van der Waals surface area contributed by atoms with E-state index in [0.29, 0.717) is 0 Å². The summed E-state index contributed by atoms with van der Waals surface area (Å²) in [7, 11) is 0. The summed E-state index contributed by atoms with van der Waals surface area (Å²) in [5.41, 5.74) is 0. The molecule has 0 atom stereocenters. The minimum absolute atomic E-state index is 1.19. The van der Waals surface area contributed by atoms with Gasteiger partial charge in [-0.2, -0.15) is 0 Å². The van der Waals surface area contributed by atoms with E-state index in [4.69, 9.17) is 0 Å². The number of rotatable bonds is 0. The van der Waals surface area contributed by atoms with Gasteiger partial charge in [-0.05, 0) is 49.4 Å². The number of fused-ring (bicyclic) bond motifs is 2. The summed E-state index contributed by atoms with van der Waals surface area (Å²) in [6, 6.07) is 0. The van der Waals surface area contributed by atoms with E-state index in [2.05, 4.69) is 0 Å². The van der Waals surface area contributed by atoms with Crippen molar-refractivity contribution in [3.8, 4) is 0 Å². The van der Waals surface area contributed by atoms with Gasteiger partial charge < -0.3 is 0 Å². The Balaban J connectivity index is 0.0000000817. The van der Waals surface area contributed by atoms with Crippen molar-refractivity contribution in [2.75, 3.05) is 0 Å². The van der Waals surface area contributed by atoms with E-state index in [1.807, 2.05) is 0 Å². The third-order valence-corrected chi connectivity index (χ3v) is 4.63. The van der Waals surface area contributed by atoms with Crippen molar-refractivity contribution in [1.82, 2.24) is 0 Å². The topological polar surface area (TPSA) is 0 Å². The summed E-state index contributed by atoms with van der Waals surface area (Å²) in [6.45, 7) is 0. The number of hydrogen-bond donors (Lipinski definition) is 0. The number of hydrogen-bond acceptors (Lipinski definition) is 0. The molecule has 0 saturated heterocycles. The molecule has 4 bridgehead atoms. The van der Waals surface area contributed by atoms with E-state index in [-0.39, 0.29) is 0 Å². The molecular formula is C12H20. The summed E-state index contributed by atoms with van der Waals surface area (Å²) in [5.74, 6) is 4.76. The molecule has 0 aliphatic heterocycles. The van der Waals surface area contributed by atoms with E-state index < -0.39 is 0 Å². The van der Waals surface area contributed by atoms with Gasteiger partial charge in [-0.3, -0.25) is 0 Å². The maximum absolute atomic E-state index is 1.58. The largest absolute Gasteiger partial charge is 0.0502 e. The molecule has 6 aliphatic rings. The average Bonchev–Trinajstić information content (AvgIpc) is 2.64. The zero-order valence-corrected chi connectivity index (χ0v) is 7.97. The van der Waals surface area contributed by atoms with Crippen LogP contribution in [-0.2, 0) is 0 Å². The molecule has 0 unspecified atom stereocenters. The normalized spacial score (nSPS) is 52.0. The average molecular weight is 164 g/mol. The molecule has 0 spiro atoms. The minimum atomic E-state index is 1.19. The Kier molecular flexibility index (Phi) is 1.70. The first-order chi connectivity index (χ1) is 5.90. The van der Waals surface area contributed by atoms with Crippen LogP contribution in [0.1, 0.15) is 51.4 Å². The van der Waals surface area contributed by atoms with Crippen LogP contribution in [0.5, 0.6) is 0 Å². The van der Waals surface area contributed by atoms with Crippen LogP contribution in [0.25, 0.3) is 0 Å². The predicted molar refractivity (Wildman–Crippen MR) is 50.9 cm³/mol. The van der Waals surface area contributed by atoms with Crippen molar-refractivity contribution in [1.29, 1.82) is 0 Å². The molecule has 12 heavy (non-hydrogen) atoms. The third-order valence-electron chi connectivity index (χ3n) is 4.63. The lowest BCUT2D eigenvalue weighted by atomic mass is 9.85. The van der Waals surface area contributed by atoms with Gasteiger partial charge >= 0.3 is 0 Å². The van der Waals surface area contributed by atoms with Gasteiger partial charge in [-0.25, -0.2) is 0 Å². The Morgan fingerprint density at radius 1 is 0.417 bits per heavy atom. The van der Waals surface area contributed by atoms with Gasteiger partial charge in [0.05, 0.1) is 0 Å². The second-order valence-electron chi connectivity index (χ2n) is 5.56. The van der Waals surface area contributed by atoms with Crippen LogP contribution in [0.4, 0.5) is 0 Å². The Morgan fingerprint density at radius 2 is 0.667 bits per heavy atom. The maximum atomic E-state index is 1.58. The van der Waals surface area contributed by atoms with E-state index in [9.17, 15) is 0 Å². The molecule has 0 nitrogen and oxygen atoms in total. The molecule has 6 aliphatic carbocycles. The van der Waals surface area contributed by atoms with Crippen molar-refractivity contribution in [3.63, 3.8) is 0 Å². The first kappa shape index (κ1) is 7.41. The Labute approximate surface area is 75.7 Å². The molecule has 68 valence electrons. The lowest BCUT2D eigenvalue weighted by Gasteiger charge is -2.21. The molecule has 0 aromatic rings. The van der Waals surface area contributed by atoms with Crippen LogP contribution in [0.2, 0.25) is 0 Å². The molecule has 0 N–H and O–H groups in total. The van der Waals surface area contributed by atoms with E-state index in [1.54, 1.807) is 51.4 Å². The highest BCUT2D eigenvalue weighted by molar-refractivity contribution is 4.87. The van der Waals surface area contributed by atoms with E-state index >= 15 is 0 Å². The second-order valence-corrected chi connectivity index (χ2v) is 5.56. The second kappa shape index (κ2) is 2.75. The molecule has 0 heterocycles. The maximum Gasteiger partial charge on any atom is -0.0409 e. The fourth-order valence-electron chi connectivity index (χ4n) is 3.63. The van der Waals surface area contributed by atoms with Gasteiger partial charge in [0, 0.05) is 0 Å². The van der Waals surface area contributed by atoms with Crippen LogP contribution in [-0.4, -0.2) is 0 Å². The molecule has 0 aromatic heterocycles. The highest BCUT2D eigenvalue weighted by Gasteiger charge is 2.35. The Bertz CT molecular complexity index is 114. The van der Waals surface area contributed by atoms with Crippen molar-refractivity contribution in [3.05, 3.63) is 0 Å². The Hall–Kier alpha value is 0. The fourth-order valence-corrected chi connectivity index (χ4v) is 3.63. The summed E-state index contributed by atoms with van der Waals surface area (Å²) in [5, 5.41) is 0. The molecule has 0 radical (unpaired) electrons. The SMILES string of the molecule is C1CC2CC1C2.C1CC2CC1C2. The van der Waals surface area contributed by atoms with Crippen LogP contribution >= 0.6 is 0 Å². The lowest BCUT2D eigenvalue weighted by Crippen LogP contribution is -2.09. The minimum Gasteiger partial charge on any atom is -0.0502 e. The van der Waals surface area contributed by atoms with Crippen LogP contribution in [0.3, 0.4) is 0 Å². The monoisotopic (exact) mass is 164 g/mol. The quantitative estimate of drug-likeness (QED) is 0.513. The predicted octanol–water partition coefficient (Wildman–Crippen LogP) is 3.61. The zero-order chi connectivity index (χ0) is 7.97. The van der Waals surface area contributed by atoms with Crippen LogP contribution in [0, 0.1) is 23.7 Å². The lowest BCUT2D eigenvalue weighted by molar-refractivity contribution is 0.304. The van der Waals surface area contributed by atoms with Crippen molar-refractivity contribution < 1.29 is 0 Å². The summed E-state index contributed by atoms with van der Waals surface area (Å²) >= 11 is 0. The molecule has 6 fully saturated rings. The highest BCUT2D eigenvalue weighted by atomic mass is 14.4. The van der Waals surface area contributed by atoms with Gasteiger partial charge in [0.2, 0.25) is 0 Å². The fraction of sp³-hybridized carbons (Fsp3) is 1.00. The molecule has 0 aromatic carbocycles. The van der Waals surface area contributed by atoms with Gasteiger partial charge in [0.25, 0.3) is 0 Å². The molecular weight excluding hydrogens is 144 g/mol. The van der Waals surface area contributed by atoms with Crippen LogP contribution < -0.4 is 0 Å². The molecule has 6 rings (SSSR count). The highest BCUT2D eigenvalue weighted by Crippen LogP contribution is 2.48. The van der Waals surface area contributed by atoms with Gasteiger partial charge in [-0.1, -0.05) is 25.7 Å². The smallest absolute Gasteiger partial charge is 0.0409 e. The first-order valence-electron chi connectivity index (χ1n) is 5.90. The van der Waals surface area contributed by atoms with Gasteiger partial charge in [0.15, 0.2) is 0 Å². The van der Waals surface area contributed by atoms with Gasteiger partial charge in [-0.15, -0.1) is 0 Å². The van der Waals surface area contributed by atoms with Gasteiger partial charge in [0.1, 0.15) is 0 Å². The first-order valence-corrected chi connectivity index (χ1v) is 5.90. The van der Waals surface area contributed by atoms with Crippen molar-refractivity contribution >= 4 is 0 Å². The van der Waals surface area contributed by atoms with E-state index in [1.165, 1.54) is 23.7 Å². The Morgan fingerprint density at radius 3 is 0.750 bits per heavy atom. The molecule has 6 saturated carbocycles. The summed E-state index contributed by atoms with van der Waals surface area (Å²) < 4.78 is 0. The standard InChI is InChI=1S/2C6H10/c2*1-2-6-3-5(1)4-6/h2*5-6H,1-4H2. The van der Waals surface area contributed by atoms with Crippen molar-refractivity contribution in [2.45, 2.75) is 51.4 Å². The summed E-state index contributed by atoms with van der Waals surface area (Å²) in [6.07, 6.45) is 12.6. The molecule has 0 heteroatoms. The molecule has 0 amide bonds. The third kappa shape index (κ3) is 1.20. The van der Waals surface area contributed by atoms with Crippen molar-refractivity contribution in [2.24, 2.45) is 23.7 Å². The zero-order valence-electron chi connectivity index (χ0n) is 7.97. The van der Waals surface area contributed by atoms with Crippen LogP contribution in [0.15, 0.2) is 0 Å². The summed E-state index contributed by atoms with van der Waals surface area (Å²) in [4.78, 5) is 0.